The summed E-state index contributed by atoms with van der Waals surface area (Å²) in [6, 6.07) is 10.3. The number of hydrogen-bond donors (Lipinski definition) is 1. The molecule has 3 rings (SSSR count). The molecule has 0 fully saturated rings. The van der Waals surface area contributed by atoms with Gasteiger partial charge in [0, 0.05) is 23.7 Å². The first-order valence-corrected chi connectivity index (χ1v) is 7.45. The minimum absolute atomic E-state index is 0.101. The van der Waals surface area contributed by atoms with E-state index in [0.717, 1.165) is 10.2 Å². The summed E-state index contributed by atoms with van der Waals surface area (Å²) < 4.78 is 18.9. The molecular weight excluding hydrogens is 303 g/mol. The lowest BCUT2D eigenvalue weighted by Gasteiger charge is -2.08. The van der Waals surface area contributed by atoms with Crippen molar-refractivity contribution < 1.29 is 13.9 Å². The zero-order valence-corrected chi connectivity index (χ0v) is 12.6. The van der Waals surface area contributed by atoms with Gasteiger partial charge in [-0.1, -0.05) is 18.2 Å². The number of fused-ring (bicyclic) bond motifs is 1. The van der Waals surface area contributed by atoms with Gasteiger partial charge in [-0.25, -0.2) is 9.37 Å². The Balaban J connectivity index is 1.75. The summed E-state index contributed by atoms with van der Waals surface area (Å²) >= 11 is 1.31. The van der Waals surface area contributed by atoms with Crippen molar-refractivity contribution in [2.75, 3.05) is 7.11 Å². The number of rotatable bonds is 4. The van der Waals surface area contributed by atoms with Crippen LogP contribution in [0.25, 0.3) is 10.2 Å². The van der Waals surface area contributed by atoms with Crippen LogP contribution in [0, 0.1) is 5.82 Å². The van der Waals surface area contributed by atoms with Gasteiger partial charge in [0.05, 0.1) is 12.0 Å². The van der Waals surface area contributed by atoms with Crippen molar-refractivity contribution in [2.45, 2.75) is 6.54 Å². The van der Waals surface area contributed by atoms with Crippen molar-refractivity contribution in [3.63, 3.8) is 0 Å². The number of thiophene rings is 1. The molecule has 0 saturated carbocycles. The monoisotopic (exact) mass is 316 g/mol. The molecule has 4 nitrogen and oxygen atoms in total. The molecule has 1 aromatic carbocycles. The van der Waals surface area contributed by atoms with Crippen molar-refractivity contribution in [3.8, 4) is 5.75 Å². The maximum Gasteiger partial charge on any atom is 0.261 e. The van der Waals surface area contributed by atoms with E-state index in [9.17, 15) is 9.18 Å². The molecule has 0 unspecified atom stereocenters. The highest BCUT2D eigenvalue weighted by Crippen LogP contribution is 2.23. The van der Waals surface area contributed by atoms with Gasteiger partial charge >= 0.3 is 0 Å². The normalized spacial score (nSPS) is 10.6. The van der Waals surface area contributed by atoms with Crippen LogP contribution in [0.2, 0.25) is 0 Å². The molecule has 112 valence electrons. The molecule has 1 N–H and O–H groups in total. The number of aromatic nitrogens is 1. The number of pyridine rings is 1. The van der Waals surface area contributed by atoms with E-state index in [4.69, 9.17) is 4.74 Å². The van der Waals surface area contributed by atoms with E-state index in [1.807, 2.05) is 12.1 Å². The number of methoxy groups -OCH3 is 1. The highest BCUT2D eigenvalue weighted by molar-refractivity contribution is 7.20. The minimum Gasteiger partial charge on any atom is -0.494 e. The largest absolute Gasteiger partial charge is 0.494 e. The molecule has 0 aliphatic carbocycles. The number of ether oxygens (including phenoxy) is 1. The van der Waals surface area contributed by atoms with Crippen LogP contribution in [0.3, 0.4) is 0 Å². The molecule has 0 aliphatic rings. The zero-order valence-electron chi connectivity index (χ0n) is 11.8. The Morgan fingerprint density at radius 3 is 3.00 bits per heavy atom. The number of hydrogen-bond acceptors (Lipinski definition) is 4. The second kappa shape index (κ2) is 6.11. The van der Waals surface area contributed by atoms with E-state index in [0.29, 0.717) is 10.4 Å². The molecular formula is C16H13FN2O2S. The van der Waals surface area contributed by atoms with Gasteiger partial charge in [0.2, 0.25) is 0 Å². The van der Waals surface area contributed by atoms with Gasteiger partial charge in [-0.3, -0.25) is 4.79 Å². The van der Waals surface area contributed by atoms with E-state index in [2.05, 4.69) is 10.3 Å². The molecule has 0 atom stereocenters. The molecule has 22 heavy (non-hydrogen) atoms. The van der Waals surface area contributed by atoms with Gasteiger partial charge in [0.25, 0.3) is 5.91 Å². The third-order valence-electron chi connectivity index (χ3n) is 3.22. The second-order valence-electron chi connectivity index (χ2n) is 4.62. The first kappa shape index (κ1) is 14.5. The van der Waals surface area contributed by atoms with Gasteiger partial charge in [-0.2, -0.15) is 0 Å². The fourth-order valence-corrected chi connectivity index (χ4v) is 3.02. The van der Waals surface area contributed by atoms with Crippen LogP contribution < -0.4 is 10.1 Å². The van der Waals surface area contributed by atoms with Crippen LogP contribution in [0.1, 0.15) is 15.2 Å². The molecule has 6 heteroatoms. The average molecular weight is 316 g/mol. The summed E-state index contributed by atoms with van der Waals surface area (Å²) in [5.74, 6) is -0.536. The third kappa shape index (κ3) is 2.78. The smallest absolute Gasteiger partial charge is 0.261 e. The number of benzene rings is 1. The Morgan fingerprint density at radius 1 is 1.36 bits per heavy atom. The SMILES string of the molecule is COc1cccc(CNC(=O)c2cc3cccnc3s2)c1F. The number of nitrogens with zero attached hydrogens (tertiary/aromatic N) is 1. The lowest BCUT2D eigenvalue weighted by Crippen LogP contribution is -2.22. The lowest BCUT2D eigenvalue weighted by molar-refractivity contribution is 0.0954. The predicted octanol–water partition coefficient (Wildman–Crippen LogP) is 3.37. The fourth-order valence-electron chi connectivity index (χ4n) is 2.10. The molecule has 3 aromatic rings. The molecule has 0 radical (unpaired) electrons. The Bertz CT molecular complexity index is 799. The quantitative estimate of drug-likeness (QED) is 0.803. The van der Waals surface area contributed by atoms with Gasteiger partial charge in [-0.15, -0.1) is 11.3 Å². The highest BCUT2D eigenvalue weighted by Gasteiger charge is 2.13. The van der Waals surface area contributed by atoms with Gasteiger partial charge in [0.1, 0.15) is 4.83 Å². The number of amides is 1. The average Bonchev–Trinajstić information content (AvgIpc) is 2.98. The summed E-state index contributed by atoms with van der Waals surface area (Å²) in [6.07, 6.45) is 1.69. The number of carbonyl (C=O) groups is 1. The fraction of sp³-hybridized carbons (Fsp3) is 0.125. The highest BCUT2D eigenvalue weighted by atomic mass is 32.1. The summed E-state index contributed by atoms with van der Waals surface area (Å²) in [7, 11) is 1.41. The van der Waals surface area contributed by atoms with Crippen LogP contribution in [0.15, 0.2) is 42.6 Å². The standard InChI is InChI=1S/C16H13FN2O2S/c1-21-12-6-2-4-11(14(12)17)9-19-15(20)13-8-10-5-3-7-18-16(10)22-13/h2-8H,9H2,1H3,(H,19,20). The Hall–Kier alpha value is -2.47. The van der Waals surface area contributed by atoms with Gasteiger partial charge in [-0.05, 0) is 18.2 Å². The topological polar surface area (TPSA) is 51.2 Å². The number of nitrogens with one attached hydrogen (secondary N) is 1. The summed E-state index contributed by atoms with van der Waals surface area (Å²) in [5, 5.41) is 3.64. The van der Waals surface area contributed by atoms with Crippen LogP contribution in [0.4, 0.5) is 4.39 Å². The third-order valence-corrected chi connectivity index (χ3v) is 4.28. The first-order chi connectivity index (χ1) is 10.7. The van der Waals surface area contributed by atoms with E-state index in [1.54, 1.807) is 24.4 Å². The molecule has 0 spiro atoms. The van der Waals surface area contributed by atoms with Crippen molar-refractivity contribution >= 4 is 27.5 Å². The van der Waals surface area contributed by atoms with Crippen molar-refractivity contribution in [2.24, 2.45) is 0 Å². The molecule has 1 amide bonds. The van der Waals surface area contributed by atoms with E-state index in [-0.39, 0.29) is 18.2 Å². The van der Waals surface area contributed by atoms with E-state index < -0.39 is 5.82 Å². The second-order valence-corrected chi connectivity index (χ2v) is 5.66. The number of carbonyl (C=O) groups excluding carboxylic acids is 1. The maximum atomic E-state index is 14.0. The number of halogens is 1. The summed E-state index contributed by atoms with van der Waals surface area (Å²) in [4.78, 5) is 17.7. The zero-order chi connectivity index (χ0) is 15.5. The van der Waals surface area contributed by atoms with Gasteiger partial charge in [0.15, 0.2) is 11.6 Å². The molecule has 2 heterocycles. The molecule has 0 saturated heterocycles. The molecule has 2 aromatic heterocycles. The minimum atomic E-state index is -0.455. The molecule has 0 bridgehead atoms. The van der Waals surface area contributed by atoms with Crippen LogP contribution in [0.5, 0.6) is 5.75 Å². The summed E-state index contributed by atoms with van der Waals surface area (Å²) in [6.45, 7) is 0.101. The van der Waals surface area contributed by atoms with E-state index in [1.165, 1.54) is 24.5 Å². The van der Waals surface area contributed by atoms with Crippen LogP contribution >= 0.6 is 11.3 Å². The summed E-state index contributed by atoms with van der Waals surface area (Å²) in [5.41, 5.74) is 0.381. The predicted molar refractivity (Wildman–Crippen MR) is 83.7 cm³/mol. The van der Waals surface area contributed by atoms with Crippen molar-refractivity contribution in [1.82, 2.24) is 10.3 Å². The van der Waals surface area contributed by atoms with Crippen molar-refractivity contribution in [1.29, 1.82) is 0 Å². The van der Waals surface area contributed by atoms with E-state index >= 15 is 0 Å². The van der Waals surface area contributed by atoms with Crippen molar-refractivity contribution in [3.05, 3.63) is 58.9 Å². The van der Waals surface area contributed by atoms with Gasteiger partial charge < -0.3 is 10.1 Å². The Labute approximate surface area is 130 Å². The lowest BCUT2D eigenvalue weighted by atomic mass is 10.2. The molecule has 0 aliphatic heterocycles. The Kier molecular flexibility index (Phi) is 4.02. The first-order valence-electron chi connectivity index (χ1n) is 6.63. The maximum absolute atomic E-state index is 14.0. The van der Waals surface area contributed by atoms with Crippen LogP contribution in [-0.4, -0.2) is 18.0 Å². The Morgan fingerprint density at radius 2 is 2.23 bits per heavy atom. The van der Waals surface area contributed by atoms with Crippen LogP contribution in [-0.2, 0) is 6.54 Å².